The third-order valence-electron chi connectivity index (χ3n) is 5.72. The van der Waals surface area contributed by atoms with Crippen LogP contribution in [-0.2, 0) is 17.9 Å². The predicted octanol–water partition coefficient (Wildman–Crippen LogP) is 3.22. The maximum absolute atomic E-state index is 13.1. The van der Waals surface area contributed by atoms with Crippen LogP contribution in [0, 0.1) is 12.3 Å². The van der Waals surface area contributed by atoms with Crippen molar-refractivity contribution in [3.05, 3.63) is 53.5 Å². The number of carbonyl (C=O) groups excluding carboxylic acids is 1. The second-order valence-electron chi connectivity index (χ2n) is 7.58. The van der Waals surface area contributed by atoms with Crippen molar-refractivity contribution in [3.63, 3.8) is 0 Å². The zero-order chi connectivity index (χ0) is 18.1. The number of methoxy groups -OCH3 is 1. The van der Waals surface area contributed by atoms with Crippen LogP contribution in [0.15, 0.2) is 40.8 Å². The summed E-state index contributed by atoms with van der Waals surface area (Å²) in [5, 5.41) is 0. The summed E-state index contributed by atoms with van der Waals surface area (Å²) < 4.78 is 11.0. The van der Waals surface area contributed by atoms with Crippen LogP contribution in [0.4, 0.5) is 0 Å². The van der Waals surface area contributed by atoms with Crippen LogP contribution in [0.5, 0.6) is 5.75 Å². The van der Waals surface area contributed by atoms with Crippen molar-refractivity contribution in [2.45, 2.75) is 32.9 Å². The van der Waals surface area contributed by atoms with Gasteiger partial charge in [-0.2, -0.15) is 0 Å². The number of nitrogens with zero attached hydrogens (tertiary/aromatic N) is 2. The number of hydrogen-bond donors (Lipinski definition) is 0. The van der Waals surface area contributed by atoms with Crippen molar-refractivity contribution in [2.75, 3.05) is 26.7 Å². The maximum Gasteiger partial charge on any atom is 0.230 e. The number of aryl methyl sites for hydroxylation is 1. The largest absolute Gasteiger partial charge is 0.497 e. The number of likely N-dealkylation sites (tertiary alicyclic amines) is 2. The molecule has 5 nitrogen and oxygen atoms in total. The van der Waals surface area contributed by atoms with E-state index in [-0.39, 0.29) is 5.41 Å². The second-order valence-corrected chi connectivity index (χ2v) is 7.58. The molecule has 0 N–H and O–H groups in total. The van der Waals surface area contributed by atoms with Crippen LogP contribution in [0.2, 0.25) is 0 Å². The van der Waals surface area contributed by atoms with Crippen LogP contribution >= 0.6 is 0 Å². The monoisotopic (exact) mass is 354 g/mol. The molecule has 0 radical (unpaired) electrons. The number of amides is 1. The van der Waals surface area contributed by atoms with Gasteiger partial charge in [0, 0.05) is 19.6 Å². The van der Waals surface area contributed by atoms with E-state index >= 15 is 0 Å². The molecular formula is C21H26N2O3. The molecule has 138 valence electrons. The van der Waals surface area contributed by atoms with Crippen molar-refractivity contribution in [2.24, 2.45) is 5.41 Å². The molecule has 2 fully saturated rings. The van der Waals surface area contributed by atoms with E-state index < -0.39 is 0 Å². The third-order valence-corrected chi connectivity index (χ3v) is 5.72. The first-order valence-electron chi connectivity index (χ1n) is 9.28. The minimum absolute atomic E-state index is 0.208. The first-order chi connectivity index (χ1) is 12.6. The molecule has 0 saturated carbocycles. The molecule has 2 aromatic rings. The van der Waals surface area contributed by atoms with Crippen molar-refractivity contribution < 1.29 is 13.9 Å². The van der Waals surface area contributed by atoms with Gasteiger partial charge >= 0.3 is 0 Å². The number of carbonyl (C=O) groups is 1. The molecule has 2 saturated heterocycles. The molecule has 26 heavy (non-hydrogen) atoms. The summed E-state index contributed by atoms with van der Waals surface area (Å²) in [6.45, 7) is 6.04. The standard InChI is InChI=1S/C21H26N2O3/c1-16-6-7-19(26-16)14-22-10-8-21(15-22)9-11-23(20(21)24)13-17-4-3-5-18(12-17)25-2/h3-7,12H,8-11,13-15H2,1-2H3/t21-/m0/s1. The van der Waals surface area contributed by atoms with Gasteiger partial charge in [-0.05, 0) is 56.1 Å². The Balaban J connectivity index is 1.40. The van der Waals surface area contributed by atoms with Gasteiger partial charge in [0.2, 0.25) is 5.91 Å². The fourth-order valence-corrected chi connectivity index (χ4v) is 4.30. The maximum atomic E-state index is 13.1. The van der Waals surface area contributed by atoms with Gasteiger partial charge in [-0.3, -0.25) is 9.69 Å². The number of benzene rings is 1. The highest BCUT2D eigenvalue weighted by Crippen LogP contribution is 2.41. The topological polar surface area (TPSA) is 45.9 Å². The molecule has 5 heteroatoms. The average molecular weight is 354 g/mol. The van der Waals surface area contributed by atoms with E-state index in [0.29, 0.717) is 12.5 Å². The van der Waals surface area contributed by atoms with Gasteiger partial charge in [-0.25, -0.2) is 0 Å². The average Bonchev–Trinajstić information content (AvgIpc) is 3.32. The minimum Gasteiger partial charge on any atom is -0.497 e. The Morgan fingerprint density at radius 3 is 2.77 bits per heavy atom. The van der Waals surface area contributed by atoms with E-state index in [1.807, 2.05) is 42.2 Å². The molecule has 0 bridgehead atoms. The fourth-order valence-electron chi connectivity index (χ4n) is 4.30. The number of furan rings is 1. The van der Waals surface area contributed by atoms with Crippen molar-refractivity contribution >= 4 is 5.91 Å². The SMILES string of the molecule is COc1cccc(CN2CC[C@]3(CCN(Cc4ccc(C)o4)C3)C2=O)c1. The van der Waals surface area contributed by atoms with Crippen molar-refractivity contribution in [1.29, 1.82) is 0 Å². The summed E-state index contributed by atoms with van der Waals surface area (Å²) in [5.41, 5.74) is 0.913. The smallest absolute Gasteiger partial charge is 0.230 e. The molecule has 0 aliphatic carbocycles. The van der Waals surface area contributed by atoms with E-state index in [0.717, 1.165) is 61.9 Å². The van der Waals surface area contributed by atoms with Gasteiger partial charge in [-0.1, -0.05) is 12.1 Å². The van der Waals surface area contributed by atoms with Gasteiger partial charge in [-0.15, -0.1) is 0 Å². The van der Waals surface area contributed by atoms with E-state index in [1.54, 1.807) is 7.11 Å². The van der Waals surface area contributed by atoms with Crippen LogP contribution in [0.1, 0.15) is 29.9 Å². The Hall–Kier alpha value is -2.27. The Kier molecular flexibility index (Phi) is 4.49. The summed E-state index contributed by atoms with van der Waals surface area (Å²) >= 11 is 0. The lowest BCUT2D eigenvalue weighted by Gasteiger charge is -2.23. The second kappa shape index (κ2) is 6.80. The van der Waals surface area contributed by atoms with E-state index in [2.05, 4.69) is 11.0 Å². The molecule has 2 aliphatic heterocycles. The quantitative estimate of drug-likeness (QED) is 0.827. The van der Waals surface area contributed by atoms with Gasteiger partial charge in [0.05, 0.1) is 19.1 Å². The van der Waals surface area contributed by atoms with E-state index in [9.17, 15) is 4.79 Å². The third kappa shape index (κ3) is 3.23. The predicted molar refractivity (Wildman–Crippen MR) is 98.8 cm³/mol. The molecule has 1 spiro atoms. The molecule has 4 rings (SSSR count). The summed E-state index contributed by atoms with van der Waals surface area (Å²) in [6, 6.07) is 12.0. The van der Waals surface area contributed by atoms with Gasteiger partial charge in [0.1, 0.15) is 17.3 Å². The molecular weight excluding hydrogens is 328 g/mol. The van der Waals surface area contributed by atoms with E-state index in [4.69, 9.17) is 9.15 Å². The number of rotatable bonds is 5. The fraction of sp³-hybridized carbons (Fsp3) is 0.476. The zero-order valence-electron chi connectivity index (χ0n) is 15.5. The minimum atomic E-state index is -0.208. The Morgan fingerprint density at radius 2 is 2.00 bits per heavy atom. The van der Waals surface area contributed by atoms with Gasteiger partial charge in [0.25, 0.3) is 0 Å². The van der Waals surface area contributed by atoms with Gasteiger partial charge < -0.3 is 14.1 Å². The first-order valence-corrected chi connectivity index (χ1v) is 9.28. The Labute approximate surface area is 154 Å². The molecule has 1 aromatic carbocycles. The van der Waals surface area contributed by atoms with Crippen LogP contribution in [0.3, 0.4) is 0 Å². The highest BCUT2D eigenvalue weighted by atomic mass is 16.5. The molecule has 0 unspecified atom stereocenters. The Bertz CT molecular complexity index is 800. The molecule has 2 aliphatic rings. The Morgan fingerprint density at radius 1 is 1.15 bits per heavy atom. The molecule has 1 atom stereocenters. The van der Waals surface area contributed by atoms with Crippen LogP contribution in [0.25, 0.3) is 0 Å². The lowest BCUT2D eigenvalue weighted by atomic mass is 9.85. The summed E-state index contributed by atoms with van der Waals surface area (Å²) in [4.78, 5) is 17.5. The highest BCUT2D eigenvalue weighted by Gasteiger charge is 2.50. The summed E-state index contributed by atoms with van der Waals surface area (Å²) in [5.74, 6) is 3.07. The molecule has 1 aromatic heterocycles. The zero-order valence-corrected chi connectivity index (χ0v) is 15.5. The molecule has 1 amide bonds. The van der Waals surface area contributed by atoms with E-state index in [1.165, 1.54) is 0 Å². The highest BCUT2D eigenvalue weighted by molar-refractivity contribution is 5.85. The first kappa shape index (κ1) is 17.2. The van der Waals surface area contributed by atoms with Crippen molar-refractivity contribution in [1.82, 2.24) is 9.80 Å². The van der Waals surface area contributed by atoms with Gasteiger partial charge in [0.15, 0.2) is 0 Å². The van der Waals surface area contributed by atoms with Crippen molar-refractivity contribution in [3.8, 4) is 5.75 Å². The number of ether oxygens (including phenoxy) is 1. The lowest BCUT2D eigenvalue weighted by molar-refractivity contribution is -0.136. The summed E-state index contributed by atoms with van der Waals surface area (Å²) in [7, 11) is 1.67. The van der Waals surface area contributed by atoms with Crippen LogP contribution in [-0.4, -0.2) is 42.5 Å². The normalized spacial score (nSPS) is 23.3. The lowest BCUT2D eigenvalue weighted by Crippen LogP contribution is -2.36. The summed E-state index contributed by atoms with van der Waals surface area (Å²) in [6.07, 6.45) is 1.89. The number of hydrogen-bond acceptors (Lipinski definition) is 4. The van der Waals surface area contributed by atoms with Crippen LogP contribution < -0.4 is 4.74 Å². The molecule has 3 heterocycles.